The van der Waals surface area contributed by atoms with Crippen LogP contribution < -0.4 is 0 Å². The first-order chi connectivity index (χ1) is 14.6. The number of aryl methyl sites for hydroxylation is 1. The van der Waals surface area contributed by atoms with Crippen LogP contribution in [0.25, 0.3) is 11.0 Å². The van der Waals surface area contributed by atoms with E-state index in [1.807, 2.05) is 25.4 Å². The van der Waals surface area contributed by atoms with Crippen LogP contribution in [0.15, 0.2) is 42.0 Å². The Bertz CT molecular complexity index is 1150. The summed E-state index contributed by atoms with van der Waals surface area (Å²) in [5, 5.41) is 10.6. The molecule has 152 valence electrons. The average molecular weight is 401 g/mol. The third-order valence-corrected chi connectivity index (χ3v) is 7.03. The third kappa shape index (κ3) is 2.66. The number of carbonyl (C=O) groups excluding carboxylic acids is 1. The van der Waals surface area contributed by atoms with E-state index in [2.05, 4.69) is 35.9 Å². The fraction of sp³-hybridized carbons (Fsp3) is 0.455. The van der Waals surface area contributed by atoms with Gasteiger partial charge in [0, 0.05) is 37.5 Å². The lowest BCUT2D eigenvalue weighted by atomic mass is 9.69. The lowest BCUT2D eigenvalue weighted by molar-refractivity contribution is -0.138. The Balaban J connectivity index is 1.19. The van der Waals surface area contributed by atoms with Crippen LogP contribution in [0.4, 0.5) is 0 Å². The van der Waals surface area contributed by atoms with Gasteiger partial charge in [0.15, 0.2) is 0 Å². The van der Waals surface area contributed by atoms with Crippen molar-refractivity contribution < 1.29 is 4.79 Å². The van der Waals surface area contributed by atoms with Crippen molar-refractivity contribution in [3.05, 3.63) is 48.3 Å². The van der Waals surface area contributed by atoms with Crippen LogP contribution in [0.3, 0.4) is 0 Å². The van der Waals surface area contributed by atoms with Gasteiger partial charge in [0.25, 0.3) is 0 Å². The van der Waals surface area contributed by atoms with Gasteiger partial charge in [-0.2, -0.15) is 10.2 Å². The maximum absolute atomic E-state index is 13.4. The molecule has 3 aromatic heterocycles. The Labute approximate surface area is 174 Å². The van der Waals surface area contributed by atoms with Gasteiger partial charge in [-0.05, 0) is 49.7 Å². The maximum Gasteiger partial charge on any atom is 0.246 e. The highest BCUT2D eigenvalue weighted by molar-refractivity contribution is 5.83. The number of rotatable bonds is 4. The van der Waals surface area contributed by atoms with E-state index in [1.165, 1.54) is 0 Å². The first-order valence-electron chi connectivity index (χ1n) is 10.5. The van der Waals surface area contributed by atoms with Crippen molar-refractivity contribution in [3.63, 3.8) is 0 Å². The van der Waals surface area contributed by atoms with E-state index in [1.54, 1.807) is 23.6 Å². The molecule has 4 heterocycles. The highest BCUT2D eigenvalue weighted by Crippen LogP contribution is 2.63. The first-order valence-corrected chi connectivity index (χ1v) is 10.5. The predicted octanol–water partition coefficient (Wildman–Crippen LogP) is 2.91. The molecule has 0 N–H and O–H groups in total. The molecular weight excluding hydrogens is 378 g/mol. The van der Waals surface area contributed by atoms with Crippen LogP contribution >= 0.6 is 0 Å². The van der Waals surface area contributed by atoms with E-state index in [0.717, 1.165) is 48.2 Å². The SMILES string of the molecule is Cc1cnc(C2CC=NN2C(=O)[C@H]2CC3(Cn4ncc5ncccc54)CC2C3)cn1. The number of hydrogen-bond acceptors (Lipinski definition) is 6. The minimum absolute atomic E-state index is 0.0288. The molecule has 2 bridgehead atoms. The summed E-state index contributed by atoms with van der Waals surface area (Å²) in [6.45, 7) is 2.76. The number of nitrogens with zero attached hydrogens (tertiary/aromatic N) is 7. The Morgan fingerprint density at radius 1 is 1.17 bits per heavy atom. The predicted molar refractivity (Wildman–Crippen MR) is 110 cm³/mol. The number of hydrazone groups is 1. The molecule has 0 radical (unpaired) electrons. The van der Waals surface area contributed by atoms with E-state index in [-0.39, 0.29) is 23.3 Å². The van der Waals surface area contributed by atoms with Crippen molar-refractivity contribution in [2.75, 3.05) is 0 Å². The highest BCUT2D eigenvalue weighted by Gasteiger charge is 2.59. The quantitative estimate of drug-likeness (QED) is 0.671. The molecule has 1 amide bonds. The monoisotopic (exact) mass is 401 g/mol. The van der Waals surface area contributed by atoms with E-state index in [0.29, 0.717) is 12.3 Å². The van der Waals surface area contributed by atoms with Gasteiger partial charge in [0.05, 0.1) is 29.3 Å². The minimum atomic E-state index is -0.138. The molecule has 3 aliphatic carbocycles. The molecule has 2 atom stereocenters. The zero-order valence-corrected chi connectivity index (χ0v) is 16.8. The average Bonchev–Trinajstić information content (AvgIpc) is 3.50. The zero-order valence-electron chi connectivity index (χ0n) is 16.8. The molecular formula is C22H23N7O. The van der Waals surface area contributed by atoms with Gasteiger partial charge in [0.1, 0.15) is 11.6 Å². The second-order valence-corrected chi connectivity index (χ2v) is 9.00. The van der Waals surface area contributed by atoms with Crippen LogP contribution in [-0.4, -0.2) is 41.9 Å². The van der Waals surface area contributed by atoms with Crippen molar-refractivity contribution in [1.29, 1.82) is 0 Å². The largest absolute Gasteiger partial charge is 0.273 e. The summed E-state index contributed by atoms with van der Waals surface area (Å²) in [7, 11) is 0. The van der Waals surface area contributed by atoms with Gasteiger partial charge in [-0.25, -0.2) is 5.01 Å². The molecule has 3 aromatic rings. The second-order valence-electron chi connectivity index (χ2n) is 9.00. The summed E-state index contributed by atoms with van der Waals surface area (Å²) >= 11 is 0. The fourth-order valence-electron chi connectivity index (χ4n) is 5.59. The second kappa shape index (κ2) is 6.42. The summed E-state index contributed by atoms with van der Waals surface area (Å²) in [5.41, 5.74) is 3.82. The van der Waals surface area contributed by atoms with Crippen LogP contribution in [0.5, 0.6) is 0 Å². The molecule has 4 aliphatic rings. The van der Waals surface area contributed by atoms with Gasteiger partial charge < -0.3 is 0 Å². The van der Waals surface area contributed by atoms with E-state index >= 15 is 0 Å². The van der Waals surface area contributed by atoms with E-state index in [9.17, 15) is 4.79 Å². The number of hydrogen-bond donors (Lipinski definition) is 0. The fourth-order valence-corrected chi connectivity index (χ4v) is 5.59. The van der Waals surface area contributed by atoms with Crippen molar-refractivity contribution in [2.45, 2.75) is 45.2 Å². The standard InChI is InChI=1S/C22H23N7O/c1-14-10-25-17(11-24-14)20-4-6-26-29(20)21(30)16-9-22(7-15(16)8-22)13-28-19-3-2-5-23-18(19)12-27-28/h2-3,5-6,10-12,15-16,20H,4,7-9,13H2,1H3/t15?,16-,20?,22?/m0/s1. The van der Waals surface area contributed by atoms with Gasteiger partial charge in [0.2, 0.25) is 5.91 Å². The Hall–Kier alpha value is -3.16. The summed E-state index contributed by atoms with van der Waals surface area (Å²) in [4.78, 5) is 26.6. The molecule has 1 aliphatic heterocycles. The van der Waals surface area contributed by atoms with Crippen molar-refractivity contribution >= 4 is 23.2 Å². The van der Waals surface area contributed by atoms with Crippen molar-refractivity contribution in [1.82, 2.24) is 29.7 Å². The molecule has 1 unspecified atom stereocenters. The summed E-state index contributed by atoms with van der Waals surface area (Å²) in [6, 6.07) is 3.87. The normalized spacial score (nSPS) is 29.5. The number of pyridine rings is 1. The molecule has 7 rings (SSSR count). The highest BCUT2D eigenvalue weighted by atomic mass is 16.2. The lowest BCUT2D eigenvalue weighted by Crippen LogP contribution is -2.36. The van der Waals surface area contributed by atoms with Crippen LogP contribution in [0, 0.1) is 24.2 Å². The van der Waals surface area contributed by atoms with Crippen molar-refractivity contribution in [2.24, 2.45) is 22.4 Å². The molecule has 0 spiro atoms. The van der Waals surface area contributed by atoms with Crippen LogP contribution in [0.1, 0.15) is 43.1 Å². The van der Waals surface area contributed by atoms with E-state index < -0.39 is 0 Å². The van der Waals surface area contributed by atoms with Crippen LogP contribution in [-0.2, 0) is 11.3 Å². The number of aromatic nitrogens is 5. The van der Waals surface area contributed by atoms with Gasteiger partial charge in [-0.3, -0.25) is 24.4 Å². The zero-order chi connectivity index (χ0) is 20.3. The van der Waals surface area contributed by atoms with Crippen LogP contribution in [0.2, 0.25) is 0 Å². The topological polar surface area (TPSA) is 89.2 Å². The smallest absolute Gasteiger partial charge is 0.246 e. The number of fused-ring (bicyclic) bond motifs is 2. The molecule has 8 nitrogen and oxygen atoms in total. The molecule has 0 aromatic carbocycles. The lowest BCUT2D eigenvalue weighted by Gasteiger charge is -2.38. The minimum Gasteiger partial charge on any atom is -0.273 e. The molecule has 0 saturated heterocycles. The number of carbonyl (C=O) groups is 1. The first kappa shape index (κ1) is 17.7. The summed E-state index contributed by atoms with van der Waals surface area (Å²) in [6.07, 6.45) is 12.7. The van der Waals surface area contributed by atoms with Gasteiger partial charge in [-0.15, -0.1) is 0 Å². The number of amides is 1. The van der Waals surface area contributed by atoms with E-state index in [4.69, 9.17) is 0 Å². The molecule has 30 heavy (non-hydrogen) atoms. The Morgan fingerprint density at radius 3 is 2.90 bits per heavy atom. The summed E-state index contributed by atoms with van der Waals surface area (Å²) in [5.74, 6) is 0.603. The van der Waals surface area contributed by atoms with Gasteiger partial charge >= 0.3 is 0 Å². The molecule has 8 heteroatoms. The third-order valence-electron chi connectivity index (χ3n) is 7.03. The van der Waals surface area contributed by atoms with Crippen molar-refractivity contribution in [3.8, 4) is 0 Å². The Kier molecular flexibility index (Phi) is 3.78. The summed E-state index contributed by atoms with van der Waals surface area (Å²) < 4.78 is 2.06. The van der Waals surface area contributed by atoms with Gasteiger partial charge in [-0.1, -0.05) is 0 Å². The maximum atomic E-state index is 13.4. The molecule has 3 saturated carbocycles. The Morgan fingerprint density at radius 2 is 2.07 bits per heavy atom. The molecule has 3 fully saturated rings.